The smallest absolute Gasteiger partial charge is 0.123 e. The molecule has 1 aromatic heterocycles. The Morgan fingerprint density at radius 1 is 1.30 bits per heavy atom. The van der Waals surface area contributed by atoms with E-state index < -0.39 is 0 Å². The lowest BCUT2D eigenvalue weighted by Gasteiger charge is -2.32. The first kappa shape index (κ1) is 18.4. The molecule has 126 valence electrons. The van der Waals surface area contributed by atoms with Gasteiger partial charge in [-0.1, -0.05) is 29.8 Å². The summed E-state index contributed by atoms with van der Waals surface area (Å²) in [5.41, 5.74) is 3.74. The van der Waals surface area contributed by atoms with E-state index in [4.69, 9.17) is 4.98 Å². The SMILES string of the molecule is CNCC1CCCN(Cc2csc(-c3ccc(C)cc3)n2)C1.Cl. The van der Waals surface area contributed by atoms with Crippen LogP contribution in [0, 0.1) is 12.8 Å². The molecule has 1 fully saturated rings. The molecular weight excluding hydrogens is 326 g/mol. The first-order valence-electron chi connectivity index (χ1n) is 8.13. The van der Waals surface area contributed by atoms with Gasteiger partial charge >= 0.3 is 0 Å². The van der Waals surface area contributed by atoms with Crippen molar-refractivity contribution in [2.24, 2.45) is 5.92 Å². The Kier molecular flexibility index (Phi) is 7.03. The average molecular weight is 352 g/mol. The van der Waals surface area contributed by atoms with Crippen molar-refractivity contribution in [2.45, 2.75) is 26.3 Å². The number of thiazole rings is 1. The van der Waals surface area contributed by atoms with Crippen molar-refractivity contribution in [1.82, 2.24) is 15.2 Å². The Morgan fingerprint density at radius 2 is 2.09 bits per heavy atom. The van der Waals surface area contributed by atoms with Gasteiger partial charge in [-0.15, -0.1) is 23.7 Å². The summed E-state index contributed by atoms with van der Waals surface area (Å²) in [4.78, 5) is 7.39. The molecule has 0 saturated carbocycles. The third-order valence-electron chi connectivity index (χ3n) is 4.33. The lowest BCUT2D eigenvalue weighted by atomic mass is 9.98. The van der Waals surface area contributed by atoms with Gasteiger partial charge < -0.3 is 5.32 Å². The number of piperidine rings is 1. The highest BCUT2D eigenvalue weighted by atomic mass is 35.5. The van der Waals surface area contributed by atoms with Crippen molar-refractivity contribution in [3.8, 4) is 10.6 Å². The van der Waals surface area contributed by atoms with Crippen molar-refractivity contribution >= 4 is 23.7 Å². The van der Waals surface area contributed by atoms with E-state index in [2.05, 4.69) is 46.8 Å². The van der Waals surface area contributed by atoms with Gasteiger partial charge in [0.05, 0.1) is 5.69 Å². The standard InChI is InChI=1S/C18H25N3S.ClH/c1-14-5-7-16(8-6-14)18-20-17(13-22-18)12-21-9-3-4-15(11-21)10-19-2;/h5-8,13,15,19H,3-4,9-12H2,1-2H3;1H. The molecule has 3 rings (SSSR count). The summed E-state index contributed by atoms with van der Waals surface area (Å²) in [6.07, 6.45) is 2.66. The van der Waals surface area contributed by atoms with Gasteiger partial charge in [0.25, 0.3) is 0 Å². The molecule has 2 aromatic rings. The fourth-order valence-corrected chi connectivity index (χ4v) is 4.00. The number of rotatable bonds is 5. The molecule has 23 heavy (non-hydrogen) atoms. The lowest BCUT2D eigenvalue weighted by molar-refractivity contribution is 0.165. The molecule has 1 aliphatic heterocycles. The zero-order chi connectivity index (χ0) is 15.4. The molecule has 0 aliphatic carbocycles. The Bertz CT molecular complexity index is 595. The maximum atomic E-state index is 4.84. The monoisotopic (exact) mass is 351 g/mol. The minimum atomic E-state index is 0. The van der Waals surface area contributed by atoms with Crippen LogP contribution >= 0.6 is 23.7 Å². The highest BCUT2D eigenvalue weighted by molar-refractivity contribution is 7.13. The van der Waals surface area contributed by atoms with Gasteiger partial charge in [0, 0.05) is 24.0 Å². The Balaban J connectivity index is 0.00000192. The average Bonchev–Trinajstić information content (AvgIpc) is 2.97. The minimum Gasteiger partial charge on any atom is -0.319 e. The van der Waals surface area contributed by atoms with Crippen LogP contribution in [0.1, 0.15) is 24.1 Å². The zero-order valence-corrected chi connectivity index (χ0v) is 15.6. The van der Waals surface area contributed by atoms with Crippen molar-refractivity contribution in [1.29, 1.82) is 0 Å². The quantitative estimate of drug-likeness (QED) is 0.883. The Morgan fingerprint density at radius 3 is 2.83 bits per heavy atom. The number of benzene rings is 1. The molecule has 1 N–H and O–H groups in total. The molecule has 1 unspecified atom stereocenters. The van der Waals surface area contributed by atoms with Gasteiger partial charge in [0.15, 0.2) is 0 Å². The molecule has 5 heteroatoms. The molecule has 0 bridgehead atoms. The Labute approximate surface area is 149 Å². The Hall–Kier alpha value is -0.940. The summed E-state index contributed by atoms with van der Waals surface area (Å²) in [6.45, 7) is 6.63. The highest BCUT2D eigenvalue weighted by Gasteiger charge is 2.20. The van der Waals surface area contributed by atoms with Gasteiger partial charge in [-0.25, -0.2) is 4.98 Å². The van der Waals surface area contributed by atoms with Crippen LogP contribution in [0.4, 0.5) is 0 Å². The summed E-state index contributed by atoms with van der Waals surface area (Å²) in [6, 6.07) is 8.65. The second kappa shape index (κ2) is 8.78. The van der Waals surface area contributed by atoms with E-state index in [1.165, 1.54) is 42.8 Å². The van der Waals surface area contributed by atoms with Gasteiger partial charge in [0.2, 0.25) is 0 Å². The van der Waals surface area contributed by atoms with Crippen LogP contribution in [-0.4, -0.2) is 36.6 Å². The van der Waals surface area contributed by atoms with Crippen LogP contribution in [0.3, 0.4) is 0 Å². The number of aryl methyl sites for hydroxylation is 1. The number of nitrogens with one attached hydrogen (secondary N) is 1. The number of halogens is 1. The van der Waals surface area contributed by atoms with E-state index in [0.29, 0.717) is 0 Å². The van der Waals surface area contributed by atoms with Crippen LogP contribution in [0.5, 0.6) is 0 Å². The van der Waals surface area contributed by atoms with Gasteiger partial charge in [-0.3, -0.25) is 4.90 Å². The van der Waals surface area contributed by atoms with Crippen LogP contribution in [0.15, 0.2) is 29.6 Å². The van der Waals surface area contributed by atoms with Gasteiger partial charge in [0.1, 0.15) is 5.01 Å². The largest absolute Gasteiger partial charge is 0.319 e. The second-order valence-electron chi connectivity index (χ2n) is 6.31. The summed E-state index contributed by atoms with van der Waals surface area (Å²) >= 11 is 1.76. The minimum absolute atomic E-state index is 0. The predicted molar refractivity (Wildman–Crippen MR) is 101 cm³/mol. The van der Waals surface area contributed by atoms with Crippen molar-refractivity contribution in [3.05, 3.63) is 40.9 Å². The second-order valence-corrected chi connectivity index (χ2v) is 7.17. The number of hydrogen-bond donors (Lipinski definition) is 1. The van der Waals surface area contributed by atoms with Crippen LogP contribution < -0.4 is 5.32 Å². The first-order valence-corrected chi connectivity index (χ1v) is 9.01. The highest BCUT2D eigenvalue weighted by Crippen LogP contribution is 2.25. The molecule has 1 aromatic carbocycles. The maximum absolute atomic E-state index is 4.84. The molecule has 0 amide bonds. The van der Waals surface area contributed by atoms with Crippen molar-refractivity contribution in [2.75, 3.05) is 26.7 Å². The zero-order valence-electron chi connectivity index (χ0n) is 13.9. The molecule has 1 aliphatic rings. The van der Waals surface area contributed by atoms with Gasteiger partial charge in [-0.2, -0.15) is 0 Å². The summed E-state index contributed by atoms with van der Waals surface area (Å²) in [5.74, 6) is 0.786. The topological polar surface area (TPSA) is 28.2 Å². The predicted octanol–water partition coefficient (Wildman–Crippen LogP) is 3.97. The molecule has 0 spiro atoms. The van der Waals surface area contributed by atoms with E-state index in [0.717, 1.165) is 24.0 Å². The van der Waals surface area contributed by atoms with E-state index in [-0.39, 0.29) is 12.4 Å². The van der Waals surface area contributed by atoms with Crippen LogP contribution in [0.2, 0.25) is 0 Å². The number of nitrogens with zero attached hydrogens (tertiary/aromatic N) is 2. The third-order valence-corrected chi connectivity index (χ3v) is 5.27. The molecule has 1 atom stereocenters. The molecule has 1 saturated heterocycles. The molecule has 0 radical (unpaired) electrons. The molecular formula is C18H26ClN3S. The van der Waals surface area contributed by atoms with E-state index in [9.17, 15) is 0 Å². The van der Waals surface area contributed by atoms with E-state index >= 15 is 0 Å². The summed E-state index contributed by atoms with van der Waals surface area (Å²) in [5, 5.41) is 6.67. The van der Waals surface area contributed by atoms with E-state index in [1.54, 1.807) is 11.3 Å². The molecule has 2 heterocycles. The van der Waals surface area contributed by atoms with E-state index in [1.807, 2.05) is 7.05 Å². The number of hydrogen-bond acceptors (Lipinski definition) is 4. The number of likely N-dealkylation sites (tertiary alicyclic amines) is 1. The normalized spacial score (nSPS) is 18.6. The molecule has 3 nitrogen and oxygen atoms in total. The maximum Gasteiger partial charge on any atom is 0.123 e. The van der Waals surface area contributed by atoms with Crippen molar-refractivity contribution in [3.63, 3.8) is 0 Å². The summed E-state index contributed by atoms with van der Waals surface area (Å²) < 4.78 is 0. The van der Waals surface area contributed by atoms with Crippen molar-refractivity contribution < 1.29 is 0 Å². The fraction of sp³-hybridized carbons (Fsp3) is 0.500. The number of aromatic nitrogens is 1. The lowest BCUT2D eigenvalue weighted by Crippen LogP contribution is -2.38. The van der Waals surface area contributed by atoms with Crippen LogP contribution in [-0.2, 0) is 6.54 Å². The fourth-order valence-electron chi connectivity index (χ4n) is 3.19. The summed E-state index contributed by atoms with van der Waals surface area (Å²) in [7, 11) is 2.05. The first-order chi connectivity index (χ1) is 10.7. The van der Waals surface area contributed by atoms with Gasteiger partial charge in [-0.05, 0) is 45.8 Å². The third kappa shape index (κ3) is 5.01. The van der Waals surface area contributed by atoms with Crippen LogP contribution in [0.25, 0.3) is 10.6 Å².